The third-order valence-corrected chi connectivity index (χ3v) is 4.47. The fraction of sp³-hybridized carbons (Fsp3) is 0.462. The zero-order valence-electron chi connectivity index (χ0n) is 11.6. The summed E-state index contributed by atoms with van der Waals surface area (Å²) >= 11 is 1.47. The van der Waals surface area contributed by atoms with Gasteiger partial charge in [0.15, 0.2) is 0 Å². The van der Waals surface area contributed by atoms with Crippen LogP contribution in [0.25, 0.3) is 11.0 Å². The van der Waals surface area contributed by atoms with Crippen LogP contribution in [0, 0.1) is 0 Å². The number of aliphatic hydroxyl groups excluding tert-OH is 3. The molecule has 1 fully saturated rings. The maximum Gasteiger partial charge on any atom is 0.143 e. The molecule has 0 unspecified atom stereocenters. The van der Waals surface area contributed by atoms with Crippen LogP contribution in [0.2, 0.25) is 0 Å². The van der Waals surface area contributed by atoms with Gasteiger partial charge in [-0.05, 0) is 0 Å². The molecule has 0 aliphatic carbocycles. The number of rotatable bonds is 5. The molecule has 3 heterocycles. The summed E-state index contributed by atoms with van der Waals surface area (Å²) in [6.45, 7) is 3.28. The largest absolute Gasteiger partial charge is 0.394 e. The van der Waals surface area contributed by atoms with Gasteiger partial charge < -0.3 is 20.1 Å². The number of aromatic amines is 1. The molecule has 0 spiro atoms. The van der Waals surface area contributed by atoms with Crippen molar-refractivity contribution in [3.8, 4) is 0 Å². The van der Waals surface area contributed by atoms with Crippen LogP contribution < -0.4 is 0 Å². The summed E-state index contributed by atoms with van der Waals surface area (Å²) < 4.78 is 5.50. The lowest BCUT2D eigenvalue weighted by Crippen LogP contribution is -2.32. The van der Waals surface area contributed by atoms with E-state index in [4.69, 9.17) is 9.84 Å². The van der Waals surface area contributed by atoms with Crippen molar-refractivity contribution in [3.05, 3.63) is 24.7 Å². The Bertz CT molecular complexity index is 679. The van der Waals surface area contributed by atoms with E-state index in [0.717, 1.165) is 0 Å². The minimum absolute atomic E-state index is 0.379. The lowest BCUT2D eigenvalue weighted by atomic mass is 10.1. The number of hydrogen-bond acceptors (Lipinski definition) is 8. The van der Waals surface area contributed by atoms with Crippen molar-refractivity contribution in [2.24, 2.45) is 0 Å². The van der Waals surface area contributed by atoms with Crippen molar-refractivity contribution >= 4 is 22.8 Å². The number of thioether (sulfide) groups is 1. The molecule has 4 atom stereocenters. The van der Waals surface area contributed by atoms with Gasteiger partial charge >= 0.3 is 0 Å². The maximum atomic E-state index is 10.1. The Morgan fingerprint density at radius 1 is 1.32 bits per heavy atom. The fourth-order valence-electron chi connectivity index (χ4n) is 2.41. The van der Waals surface area contributed by atoms with Gasteiger partial charge in [0, 0.05) is 5.75 Å². The second-order valence-electron chi connectivity index (χ2n) is 4.87. The Morgan fingerprint density at radius 2 is 2.14 bits per heavy atom. The van der Waals surface area contributed by atoms with Crippen LogP contribution in [-0.2, 0) is 4.74 Å². The summed E-state index contributed by atoms with van der Waals surface area (Å²) in [4.78, 5) is 8.36. The molecule has 0 amide bonds. The zero-order chi connectivity index (χ0) is 15.7. The van der Waals surface area contributed by atoms with Crippen LogP contribution in [0.5, 0.6) is 0 Å². The van der Waals surface area contributed by atoms with Crippen molar-refractivity contribution in [1.82, 2.24) is 20.2 Å². The van der Waals surface area contributed by atoms with Crippen LogP contribution in [0.3, 0.4) is 0 Å². The minimum atomic E-state index is -1.17. The highest BCUT2D eigenvalue weighted by Crippen LogP contribution is 2.36. The normalized spacial score (nSPS) is 28.3. The maximum absolute atomic E-state index is 10.1. The average Bonchev–Trinajstić information content (AvgIpc) is 3.08. The van der Waals surface area contributed by atoms with Gasteiger partial charge in [0.05, 0.1) is 12.3 Å². The van der Waals surface area contributed by atoms with Gasteiger partial charge in [-0.15, -0.1) is 6.58 Å². The van der Waals surface area contributed by atoms with E-state index in [1.54, 1.807) is 6.08 Å². The molecule has 0 bridgehead atoms. The molecule has 1 aliphatic heterocycles. The third kappa shape index (κ3) is 2.50. The molecule has 0 aromatic carbocycles. The summed E-state index contributed by atoms with van der Waals surface area (Å²) in [5.41, 5.74) is 1.55. The van der Waals surface area contributed by atoms with Crippen LogP contribution in [0.1, 0.15) is 11.8 Å². The van der Waals surface area contributed by atoms with E-state index in [0.29, 0.717) is 27.5 Å². The Hall–Kier alpha value is -1.52. The standard InChI is InChI=1S/C13H16N4O4S/c1-2-3-22-13-9-7(14-5-15-13)8(16-17-9)12-11(20)10(19)6(4-18)21-12/h2,5-6,10-12,18-20H,1,3-4H2,(H,16,17)/t6-,10-,11-,12+/m1/s1. The summed E-state index contributed by atoms with van der Waals surface area (Å²) in [5, 5.41) is 36.8. The first-order valence-corrected chi connectivity index (χ1v) is 7.71. The Labute approximate surface area is 130 Å². The molecular formula is C13H16N4O4S. The number of nitrogens with zero attached hydrogens (tertiary/aromatic N) is 3. The highest BCUT2D eigenvalue weighted by atomic mass is 32.2. The van der Waals surface area contributed by atoms with E-state index in [-0.39, 0.29) is 6.61 Å². The average molecular weight is 324 g/mol. The molecule has 1 aliphatic rings. The van der Waals surface area contributed by atoms with Gasteiger partial charge in [-0.2, -0.15) is 5.10 Å². The van der Waals surface area contributed by atoms with Gasteiger partial charge in [-0.25, -0.2) is 9.97 Å². The van der Waals surface area contributed by atoms with E-state index >= 15 is 0 Å². The van der Waals surface area contributed by atoms with E-state index in [9.17, 15) is 10.2 Å². The van der Waals surface area contributed by atoms with Crippen LogP contribution in [0.4, 0.5) is 0 Å². The molecule has 2 aromatic rings. The van der Waals surface area contributed by atoms with Gasteiger partial charge in [-0.3, -0.25) is 5.10 Å². The zero-order valence-corrected chi connectivity index (χ0v) is 12.4. The molecule has 0 radical (unpaired) electrons. The molecular weight excluding hydrogens is 308 g/mol. The lowest BCUT2D eigenvalue weighted by Gasteiger charge is -2.12. The van der Waals surface area contributed by atoms with E-state index in [1.807, 2.05) is 0 Å². The monoisotopic (exact) mass is 324 g/mol. The molecule has 8 nitrogen and oxygen atoms in total. The van der Waals surface area contributed by atoms with Gasteiger partial charge in [0.25, 0.3) is 0 Å². The third-order valence-electron chi connectivity index (χ3n) is 3.50. The number of hydrogen-bond donors (Lipinski definition) is 4. The van der Waals surface area contributed by atoms with Crippen LogP contribution in [0.15, 0.2) is 24.0 Å². The molecule has 22 heavy (non-hydrogen) atoms. The van der Waals surface area contributed by atoms with E-state index in [2.05, 4.69) is 26.7 Å². The molecule has 118 valence electrons. The second kappa shape index (κ2) is 6.31. The highest BCUT2D eigenvalue weighted by molar-refractivity contribution is 7.99. The first kappa shape index (κ1) is 15.4. The number of H-pyrrole nitrogens is 1. The summed E-state index contributed by atoms with van der Waals surface area (Å²) in [7, 11) is 0. The van der Waals surface area contributed by atoms with Crippen molar-refractivity contribution in [2.75, 3.05) is 12.4 Å². The van der Waals surface area contributed by atoms with E-state index < -0.39 is 24.4 Å². The van der Waals surface area contributed by atoms with Crippen molar-refractivity contribution in [1.29, 1.82) is 0 Å². The Morgan fingerprint density at radius 3 is 2.82 bits per heavy atom. The molecule has 4 N–H and O–H groups in total. The number of ether oxygens (including phenoxy) is 1. The summed E-state index contributed by atoms with van der Waals surface area (Å²) in [6.07, 6.45) is -0.823. The van der Waals surface area contributed by atoms with Crippen LogP contribution in [-0.4, -0.2) is 66.2 Å². The van der Waals surface area contributed by atoms with Gasteiger partial charge in [-0.1, -0.05) is 17.8 Å². The Balaban J connectivity index is 1.97. The van der Waals surface area contributed by atoms with Crippen molar-refractivity contribution in [3.63, 3.8) is 0 Å². The first-order chi connectivity index (χ1) is 10.7. The summed E-state index contributed by atoms with van der Waals surface area (Å²) in [6, 6.07) is 0. The second-order valence-corrected chi connectivity index (χ2v) is 5.88. The predicted molar refractivity (Wildman–Crippen MR) is 79.3 cm³/mol. The smallest absolute Gasteiger partial charge is 0.143 e. The molecule has 9 heteroatoms. The molecule has 1 saturated heterocycles. The lowest BCUT2D eigenvalue weighted by molar-refractivity contribution is -0.0236. The topological polar surface area (TPSA) is 124 Å². The van der Waals surface area contributed by atoms with Crippen molar-refractivity contribution < 1.29 is 20.1 Å². The Kier molecular flexibility index (Phi) is 4.41. The SMILES string of the molecule is C=CCSc1ncnc2c([C@@H]3O[C@H](CO)[C@@H](O)[C@H]3O)[nH]nc12. The first-order valence-electron chi connectivity index (χ1n) is 6.72. The van der Waals surface area contributed by atoms with Crippen LogP contribution >= 0.6 is 11.8 Å². The quantitative estimate of drug-likeness (QED) is 0.338. The molecule has 2 aromatic heterocycles. The minimum Gasteiger partial charge on any atom is -0.394 e. The molecule has 0 saturated carbocycles. The summed E-state index contributed by atoms with van der Waals surface area (Å²) in [5.74, 6) is 0.683. The number of fused-ring (bicyclic) bond motifs is 1. The molecule has 3 rings (SSSR count). The number of aliphatic hydroxyl groups is 3. The fourth-order valence-corrected chi connectivity index (χ4v) is 3.09. The van der Waals surface area contributed by atoms with Gasteiger partial charge in [0.2, 0.25) is 0 Å². The van der Waals surface area contributed by atoms with Gasteiger partial charge in [0.1, 0.15) is 46.8 Å². The number of aromatic nitrogens is 4. The van der Waals surface area contributed by atoms with Crippen molar-refractivity contribution in [2.45, 2.75) is 29.4 Å². The predicted octanol–water partition coefficient (Wildman–Crippen LogP) is -0.215. The highest BCUT2D eigenvalue weighted by Gasteiger charge is 2.44. The number of nitrogens with one attached hydrogen (secondary N) is 1. The van der Waals surface area contributed by atoms with E-state index in [1.165, 1.54) is 18.1 Å².